The van der Waals surface area contributed by atoms with E-state index in [1.165, 1.54) is 30.4 Å². The van der Waals surface area contributed by atoms with Crippen molar-refractivity contribution in [3.8, 4) is 0 Å². The van der Waals surface area contributed by atoms with Crippen molar-refractivity contribution in [3.05, 3.63) is 35.3 Å². The van der Waals surface area contributed by atoms with Crippen molar-refractivity contribution >= 4 is 11.2 Å². The lowest BCUT2D eigenvalue weighted by Crippen LogP contribution is -2.34. The van der Waals surface area contributed by atoms with Crippen LogP contribution in [0, 0.1) is 6.92 Å². The molecule has 0 amide bonds. The van der Waals surface area contributed by atoms with Gasteiger partial charge in [-0.15, -0.1) is 0 Å². The molecule has 4 rings (SSSR count). The fourth-order valence-corrected chi connectivity index (χ4v) is 4.32. The molecule has 2 aliphatic rings. The molecule has 2 aliphatic carbocycles. The predicted octanol–water partition coefficient (Wildman–Crippen LogP) is 4.23. The molecule has 0 aromatic carbocycles. The summed E-state index contributed by atoms with van der Waals surface area (Å²) in [7, 11) is 0. The van der Waals surface area contributed by atoms with Gasteiger partial charge >= 0.3 is 0 Å². The van der Waals surface area contributed by atoms with E-state index in [4.69, 9.17) is 4.98 Å². The van der Waals surface area contributed by atoms with Crippen LogP contribution in [0.1, 0.15) is 74.7 Å². The summed E-state index contributed by atoms with van der Waals surface area (Å²) in [6, 6.07) is 2.09. The maximum Gasteiger partial charge on any atom is 0.163 e. The topological polar surface area (TPSA) is 50.4 Å². The van der Waals surface area contributed by atoms with E-state index in [9.17, 15) is 5.11 Å². The van der Waals surface area contributed by atoms with Crippen LogP contribution in [0.5, 0.6) is 0 Å². The number of aryl methyl sites for hydroxylation is 1. The van der Waals surface area contributed by atoms with Gasteiger partial charge in [-0.25, -0.2) is 9.50 Å². The Balaban J connectivity index is 1.74. The van der Waals surface area contributed by atoms with Crippen LogP contribution in [0.3, 0.4) is 0 Å². The first-order valence-corrected chi connectivity index (χ1v) is 9.41. The fraction of sp³-hybridized carbons (Fsp3) is 0.600. The summed E-state index contributed by atoms with van der Waals surface area (Å²) in [5, 5.41) is 15.6. The number of fused-ring (bicyclic) bond motifs is 1. The van der Waals surface area contributed by atoms with E-state index in [2.05, 4.69) is 17.2 Å². The van der Waals surface area contributed by atoms with E-state index in [0.29, 0.717) is 6.42 Å². The molecule has 2 aromatic heterocycles. The van der Waals surface area contributed by atoms with Crippen molar-refractivity contribution in [1.29, 1.82) is 0 Å². The van der Waals surface area contributed by atoms with Crippen molar-refractivity contribution < 1.29 is 5.11 Å². The van der Waals surface area contributed by atoms with Crippen molar-refractivity contribution in [3.63, 3.8) is 0 Å². The number of hydrogen-bond donors (Lipinski definition) is 1. The second kappa shape index (κ2) is 6.32. The zero-order valence-electron chi connectivity index (χ0n) is 14.6. The summed E-state index contributed by atoms with van der Waals surface area (Å²) >= 11 is 0. The Morgan fingerprint density at radius 1 is 1.17 bits per heavy atom. The third kappa shape index (κ3) is 3.00. The third-order valence-electron chi connectivity index (χ3n) is 5.61. The van der Waals surface area contributed by atoms with Crippen LogP contribution >= 0.6 is 0 Å². The molecule has 24 heavy (non-hydrogen) atoms. The maximum atomic E-state index is 11.0. The minimum absolute atomic E-state index is 0.574. The van der Waals surface area contributed by atoms with Gasteiger partial charge in [-0.05, 0) is 57.1 Å². The van der Waals surface area contributed by atoms with Crippen LogP contribution in [0.15, 0.2) is 18.3 Å². The lowest BCUT2D eigenvalue weighted by Gasteiger charge is -2.32. The first-order chi connectivity index (χ1) is 11.6. The summed E-state index contributed by atoms with van der Waals surface area (Å²) in [6.45, 7) is 2.04. The van der Waals surface area contributed by atoms with Crippen LogP contribution in [0.2, 0.25) is 0 Å². The molecular formula is C20H27N3O. The van der Waals surface area contributed by atoms with Crippen LogP contribution in [-0.2, 0) is 6.42 Å². The molecule has 1 fully saturated rings. The Kier molecular flexibility index (Phi) is 4.17. The highest BCUT2D eigenvalue weighted by Crippen LogP contribution is 2.33. The molecule has 128 valence electrons. The van der Waals surface area contributed by atoms with Crippen molar-refractivity contribution in [1.82, 2.24) is 14.6 Å². The number of nitrogens with zero attached hydrogens (tertiary/aromatic N) is 3. The molecule has 4 nitrogen and oxygen atoms in total. The number of allylic oxidation sites excluding steroid dienone is 2. The van der Waals surface area contributed by atoms with Gasteiger partial charge in [0.25, 0.3) is 0 Å². The molecule has 1 saturated carbocycles. The average Bonchev–Trinajstić information content (AvgIpc) is 3.00. The van der Waals surface area contributed by atoms with E-state index in [1.54, 1.807) is 0 Å². The van der Waals surface area contributed by atoms with Gasteiger partial charge in [0.05, 0.1) is 11.8 Å². The molecular weight excluding hydrogens is 298 g/mol. The quantitative estimate of drug-likeness (QED) is 0.918. The zero-order valence-corrected chi connectivity index (χ0v) is 14.6. The lowest BCUT2D eigenvalue weighted by molar-refractivity contribution is 0.00323. The number of aliphatic hydroxyl groups is 1. The van der Waals surface area contributed by atoms with E-state index in [-0.39, 0.29) is 0 Å². The normalized spacial score (nSPS) is 21.0. The molecule has 0 atom stereocenters. The van der Waals surface area contributed by atoms with Crippen molar-refractivity contribution in [2.45, 2.75) is 76.7 Å². The predicted molar refractivity (Wildman–Crippen MR) is 95.9 cm³/mol. The highest BCUT2D eigenvalue weighted by Gasteiger charge is 2.30. The standard InChI is InChI=1S/C20H27N3O/c1-15-12-17(13-20(24)10-6-3-7-11-20)23-19(22-15)18(14-21-23)16-8-4-2-5-9-16/h8,12,14,24H,2-7,9-11,13H2,1H3. The molecule has 0 unspecified atom stereocenters. The SMILES string of the molecule is Cc1cc(CC2(O)CCCCC2)n2ncc(C3=CCCCC3)c2n1. The van der Waals surface area contributed by atoms with Gasteiger partial charge in [-0.3, -0.25) is 0 Å². The molecule has 0 radical (unpaired) electrons. The highest BCUT2D eigenvalue weighted by molar-refractivity contribution is 5.76. The van der Waals surface area contributed by atoms with Gasteiger partial charge in [-0.2, -0.15) is 5.10 Å². The number of rotatable bonds is 3. The molecule has 0 bridgehead atoms. The molecule has 1 N–H and O–H groups in total. The van der Waals surface area contributed by atoms with E-state index in [1.807, 2.05) is 17.6 Å². The minimum atomic E-state index is -0.574. The fourth-order valence-electron chi connectivity index (χ4n) is 4.32. The molecule has 2 aromatic rings. The zero-order chi connectivity index (χ0) is 16.6. The second-order valence-corrected chi connectivity index (χ2v) is 7.62. The van der Waals surface area contributed by atoms with Gasteiger partial charge in [-0.1, -0.05) is 25.3 Å². The van der Waals surface area contributed by atoms with Crippen LogP contribution in [0.4, 0.5) is 0 Å². The Morgan fingerprint density at radius 3 is 2.75 bits per heavy atom. The van der Waals surface area contributed by atoms with Crippen LogP contribution in [-0.4, -0.2) is 25.3 Å². The number of aromatic nitrogens is 3. The first kappa shape index (κ1) is 15.8. The van der Waals surface area contributed by atoms with Gasteiger partial charge in [0, 0.05) is 23.4 Å². The summed E-state index contributed by atoms with van der Waals surface area (Å²) in [6.07, 6.45) is 15.1. The van der Waals surface area contributed by atoms with E-state index < -0.39 is 5.60 Å². The minimum Gasteiger partial charge on any atom is -0.389 e. The lowest BCUT2D eigenvalue weighted by atomic mass is 9.81. The monoisotopic (exact) mass is 325 g/mol. The van der Waals surface area contributed by atoms with Crippen molar-refractivity contribution in [2.75, 3.05) is 0 Å². The molecule has 0 aliphatic heterocycles. The van der Waals surface area contributed by atoms with Crippen LogP contribution < -0.4 is 0 Å². The summed E-state index contributed by atoms with van der Waals surface area (Å²) in [5.74, 6) is 0. The Morgan fingerprint density at radius 2 is 2.00 bits per heavy atom. The van der Waals surface area contributed by atoms with Crippen LogP contribution in [0.25, 0.3) is 11.2 Å². The summed E-state index contributed by atoms with van der Waals surface area (Å²) in [5.41, 5.74) is 5.04. The van der Waals surface area contributed by atoms with Gasteiger partial charge < -0.3 is 5.11 Å². The van der Waals surface area contributed by atoms with Gasteiger partial charge in [0.2, 0.25) is 0 Å². The molecule has 2 heterocycles. The van der Waals surface area contributed by atoms with E-state index in [0.717, 1.165) is 55.6 Å². The van der Waals surface area contributed by atoms with Gasteiger partial charge in [0.1, 0.15) is 0 Å². The largest absolute Gasteiger partial charge is 0.389 e. The smallest absolute Gasteiger partial charge is 0.163 e. The first-order valence-electron chi connectivity index (χ1n) is 9.41. The third-order valence-corrected chi connectivity index (χ3v) is 5.61. The number of hydrogen-bond acceptors (Lipinski definition) is 3. The maximum absolute atomic E-state index is 11.0. The summed E-state index contributed by atoms with van der Waals surface area (Å²) < 4.78 is 1.96. The van der Waals surface area contributed by atoms with E-state index >= 15 is 0 Å². The molecule has 4 heteroatoms. The summed E-state index contributed by atoms with van der Waals surface area (Å²) in [4.78, 5) is 4.77. The van der Waals surface area contributed by atoms with Crippen molar-refractivity contribution in [2.24, 2.45) is 0 Å². The van der Waals surface area contributed by atoms with Gasteiger partial charge in [0.15, 0.2) is 5.65 Å². The highest BCUT2D eigenvalue weighted by atomic mass is 16.3. The molecule has 0 spiro atoms. The second-order valence-electron chi connectivity index (χ2n) is 7.62. The Hall–Kier alpha value is -1.68. The molecule has 0 saturated heterocycles. The Bertz CT molecular complexity index is 769. The average molecular weight is 325 g/mol. The Labute approximate surface area is 143 Å².